The van der Waals surface area contributed by atoms with Gasteiger partial charge in [0.1, 0.15) is 17.2 Å². The van der Waals surface area contributed by atoms with Crippen molar-refractivity contribution in [1.82, 2.24) is 5.16 Å². The first-order chi connectivity index (χ1) is 15.5. The highest BCUT2D eigenvalue weighted by Crippen LogP contribution is 2.51. The van der Waals surface area contributed by atoms with Crippen LogP contribution in [-0.2, 0) is 4.79 Å². The molecule has 3 aromatic rings. The Bertz CT molecular complexity index is 1240. The van der Waals surface area contributed by atoms with Crippen molar-refractivity contribution >= 4 is 11.7 Å². The Balaban J connectivity index is 1.66. The molecule has 2 atom stereocenters. The lowest BCUT2D eigenvalue weighted by molar-refractivity contribution is -0.116. The van der Waals surface area contributed by atoms with Crippen LogP contribution in [0.15, 0.2) is 58.3 Å². The van der Waals surface area contributed by atoms with Crippen LogP contribution >= 0.6 is 0 Å². The highest BCUT2D eigenvalue weighted by Gasteiger charge is 2.42. The second-order valence-electron chi connectivity index (χ2n) is 8.16. The van der Waals surface area contributed by atoms with Crippen molar-refractivity contribution in [3.8, 4) is 17.2 Å². The van der Waals surface area contributed by atoms with E-state index in [2.05, 4.69) is 10.5 Å². The fourth-order valence-corrected chi connectivity index (χ4v) is 4.89. The van der Waals surface area contributed by atoms with Crippen molar-refractivity contribution in [3.05, 3.63) is 76.1 Å². The molecule has 0 unspecified atom stereocenters. The summed E-state index contributed by atoms with van der Waals surface area (Å²) in [6.07, 6.45) is 0.888. The molecule has 0 spiro atoms. The van der Waals surface area contributed by atoms with Crippen LogP contribution in [0.1, 0.15) is 47.1 Å². The molecule has 1 aliphatic heterocycles. The minimum atomic E-state index is -0.369. The van der Waals surface area contributed by atoms with Gasteiger partial charge in [0.25, 0.3) is 0 Å². The van der Waals surface area contributed by atoms with E-state index in [-0.39, 0.29) is 23.4 Å². The predicted molar refractivity (Wildman–Crippen MR) is 118 cm³/mol. The summed E-state index contributed by atoms with van der Waals surface area (Å²) < 4.78 is 16.6. The van der Waals surface area contributed by atoms with Crippen LogP contribution in [0.3, 0.4) is 0 Å². The van der Waals surface area contributed by atoms with Crippen LogP contribution in [0, 0.1) is 6.92 Å². The van der Waals surface area contributed by atoms with Crippen molar-refractivity contribution in [2.24, 2.45) is 0 Å². The normalized spacial score (nSPS) is 19.8. The van der Waals surface area contributed by atoms with Gasteiger partial charge in [-0.05, 0) is 31.0 Å². The smallest absolute Gasteiger partial charge is 0.233 e. The molecular formula is C25H24N2O5. The first-order valence-electron chi connectivity index (χ1n) is 10.5. The number of ketones is 1. The van der Waals surface area contributed by atoms with Gasteiger partial charge >= 0.3 is 0 Å². The van der Waals surface area contributed by atoms with E-state index in [1.54, 1.807) is 26.4 Å². The Hall–Kier alpha value is -3.74. The number of hydrogen-bond acceptors (Lipinski definition) is 7. The molecule has 0 saturated heterocycles. The second-order valence-corrected chi connectivity index (χ2v) is 8.16. The zero-order valence-corrected chi connectivity index (χ0v) is 18.1. The maximum Gasteiger partial charge on any atom is 0.233 e. The number of aromatic hydroxyl groups is 1. The third-order valence-electron chi connectivity index (χ3n) is 6.39. The van der Waals surface area contributed by atoms with Crippen molar-refractivity contribution < 1.29 is 23.9 Å². The van der Waals surface area contributed by atoms with Gasteiger partial charge in [-0.1, -0.05) is 29.4 Å². The average Bonchev–Trinajstić information content (AvgIpc) is 3.17. The van der Waals surface area contributed by atoms with E-state index in [1.807, 2.05) is 37.3 Å². The summed E-state index contributed by atoms with van der Waals surface area (Å²) in [6, 6.07) is 12.8. The zero-order chi connectivity index (χ0) is 22.4. The number of aryl methyl sites for hydroxylation is 1. The zero-order valence-electron chi connectivity index (χ0n) is 18.1. The maximum atomic E-state index is 13.6. The first kappa shape index (κ1) is 20.2. The molecule has 2 aromatic carbocycles. The van der Waals surface area contributed by atoms with E-state index >= 15 is 0 Å². The number of phenols is 1. The molecule has 0 saturated carbocycles. The number of anilines is 1. The minimum Gasteiger partial charge on any atom is -0.508 e. The number of para-hydroxylation sites is 1. The summed E-state index contributed by atoms with van der Waals surface area (Å²) in [6.45, 7) is 1.87. The molecule has 2 heterocycles. The largest absolute Gasteiger partial charge is 0.508 e. The maximum absolute atomic E-state index is 13.6. The summed E-state index contributed by atoms with van der Waals surface area (Å²) in [4.78, 5) is 13.6. The van der Waals surface area contributed by atoms with E-state index in [4.69, 9.17) is 14.0 Å². The number of nitrogens with zero attached hydrogens (tertiary/aromatic N) is 1. The van der Waals surface area contributed by atoms with E-state index in [1.165, 1.54) is 0 Å². The Labute approximate surface area is 185 Å². The molecule has 0 radical (unpaired) electrons. The van der Waals surface area contributed by atoms with Gasteiger partial charge in [-0.25, -0.2) is 0 Å². The lowest BCUT2D eigenvalue weighted by atomic mass is 9.72. The number of phenolic OH excluding ortho intramolecular Hbond substituents is 1. The topological polar surface area (TPSA) is 93.8 Å². The molecule has 5 rings (SSSR count). The number of carbonyl (C=O) groups excluding carboxylic acids is 1. The van der Waals surface area contributed by atoms with Crippen LogP contribution < -0.4 is 14.8 Å². The quantitative estimate of drug-likeness (QED) is 0.619. The number of rotatable bonds is 4. The number of fused-ring (bicyclic) bond motifs is 1. The van der Waals surface area contributed by atoms with Crippen LogP contribution in [0.2, 0.25) is 0 Å². The molecule has 0 fully saturated rings. The number of benzene rings is 2. The molecule has 32 heavy (non-hydrogen) atoms. The summed E-state index contributed by atoms with van der Waals surface area (Å²) in [7, 11) is 3.21. The number of Topliss-reactive ketones (excluding diaryl/α,β-unsaturated/α-hetero) is 1. The first-order valence-corrected chi connectivity index (χ1v) is 10.5. The number of ether oxygens (including phenoxy) is 2. The number of carbonyl (C=O) groups is 1. The van der Waals surface area contributed by atoms with Crippen LogP contribution in [0.5, 0.6) is 17.2 Å². The van der Waals surface area contributed by atoms with Crippen LogP contribution in [0.4, 0.5) is 5.88 Å². The van der Waals surface area contributed by atoms with Gasteiger partial charge in [0.05, 0.1) is 31.4 Å². The minimum absolute atomic E-state index is 0.0288. The van der Waals surface area contributed by atoms with E-state index in [9.17, 15) is 9.90 Å². The SMILES string of the molecule is COc1ccc([C@H]2C3=C(C[C@H](c4ccccc4O)CC3=O)Nc3onc(C)c32)c(OC)c1. The number of aromatic nitrogens is 1. The molecule has 2 N–H and O–H groups in total. The summed E-state index contributed by atoms with van der Waals surface area (Å²) in [5.74, 6) is 1.58. The highest BCUT2D eigenvalue weighted by molar-refractivity contribution is 6.01. The van der Waals surface area contributed by atoms with Gasteiger partial charge in [-0.15, -0.1) is 0 Å². The van der Waals surface area contributed by atoms with Crippen LogP contribution in [0.25, 0.3) is 0 Å². The van der Waals surface area contributed by atoms with Gasteiger partial charge in [0.15, 0.2) is 5.78 Å². The summed E-state index contributed by atoms with van der Waals surface area (Å²) in [5.41, 5.74) is 4.66. The number of hydrogen-bond donors (Lipinski definition) is 2. The van der Waals surface area contributed by atoms with Crippen molar-refractivity contribution in [1.29, 1.82) is 0 Å². The predicted octanol–water partition coefficient (Wildman–Crippen LogP) is 4.66. The summed E-state index contributed by atoms with van der Waals surface area (Å²) in [5, 5.41) is 17.8. The van der Waals surface area contributed by atoms with E-state index in [0.29, 0.717) is 35.8 Å². The van der Waals surface area contributed by atoms with Crippen molar-refractivity contribution in [2.45, 2.75) is 31.6 Å². The molecule has 7 heteroatoms. The van der Waals surface area contributed by atoms with E-state index < -0.39 is 0 Å². The van der Waals surface area contributed by atoms with Gasteiger partial charge in [-0.2, -0.15) is 0 Å². The standard InChI is InChI=1S/C25H24N2O5/c1-13-22-23(17-9-8-15(30-2)12-21(17)31-3)24-18(26-25(22)32-27-13)10-14(11-20(24)29)16-6-4-5-7-19(16)28/h4-9,12,14,23,26,28H,10-11H2,1-3H3/t14-,23+/m0/s1. The Morgan fingerprint density at radius 3 is 2.66 bits per heavy atom. The number of allylic oxidation sites excluding steroid dienone is 2. The average molecular weight is 432 g/mol. The van der Waals surface area contributed by atoms with Gasteiger partial charge < -0.3 is 24.4 Å². The number of nitrogens with one attached hydrogen (secondary N) is 1. The number of methoxy groups -OCH3 is 2. The fourth-order valence-electron chi connectivity index (χ4n) is 4.89. The Morgan fingerprint density at radius 1 is 1.09 bits per heavy atom. The molecule has 7 nitrogen and oxygen atoms in total. The Kier molecular flexibility index (Phi) is 4.89. The Morgan fingerprint density at radius 2 is 1.91 bits per heavy atom. The summed E-state index contributed by atoms with van der Waals surface area (Å²) >= 11 is 0. The molecule has 2 aliphatic rings. The van der Waals surface area contributed by atoms with Crippen molar-refractivity contribution in [2.75, 3.05) is 19.5 Å². The van der Waals surface area contributed by atoms with Gasteiger partial charge in [0, 0.05) is 35.2 Å². The van der Waals surface area contributed by atoms with Crippen LogP contribution in [-0.4, -0.2) is 30.3 Å². The highest BCUT2D eigenvalue weighted by atomic mass is 16.5. The second kappa shape index (κ2) is 7.75. The molecule has 0 amide bonds. The molecule has 0 bridgehead atoms. The molecule has 1 aliphatic carbocycles. The third-order valence-corrected chi connectivity index (χ3v) is 6.39. The molecule has 1 aromatic heterocycles. The lowest BCUT2D eigenvalue weighted by Crippen LogP contribution is -2.29. The molecular weight excluding hydrogens is 408 g/mol. The van der Waals surface area contributed by atoms with E-state index in [0.717, 1.165) is 28.1 Å². The van der Waals surface area contributed by atoms with Crippen molar-refractivity contribution in [3.63, 3.8) is 0 Å². The lowest BCUT2D eigenvalue weighted by Gasteiger charge is -2.35. The van der Waals surface area contributed by atoms with Gasteiger partial charge in [-0.3, -0.25) is 4.79 Å². The third kappa shape index (κ3) is 3.12. The fraction of sp³-hybridized carbons (Fsp3) is 0.280. The van der Waals surface area contributed by atoms with Gasteiger partial charge in [0.2, 0.25) is 5.88 Å². The molecule has 164 valence electrons. The monoisotopic (exact) mass is 432 g/mol.